The quantitative estimate of drug-likeness (QED) is 0.514. The Kier molecular flexibility index (Phi) is 5.06. The van der Waals surface area contributed by atoms with Crippen LogP contribution in [0.2, 0.25) is 0 Å². The Morgan fingerprint density at radius 1 is 1.20 bits per heavy atom. The van der Waals surface area contributed by atoms with E-state index >= 15 is 0 Å². The average molecular weight is 303 g/mol. The van der Waals surface area contributed by atoms with Crippen molar-refractivity contribution in [2.24, 2.45) is 0 Å². The van der Waals surface area contributed by atoms with E-state index < -0.39 is 33.8 Å². The first-order valence-corrected chi connectivity index (χ1v) is 7.03. The molecule has 4 N–H and O–H groups in total. The van der Waals surface area contributed by atoms with Crippen molar-refractivity contribution in [1.29, 1.82) is 0 Å². The molecule has 1 amide bonds. The van der Waals surface area contributed by atoms with Gasteiger partial charge in [-0.3, -0.25) is 9.35 Å². The van der Waals surface area contributed by atoms with E-state index in [9.17, 15) is 18.0 Å². The predicted octanol–water partition coefficient (Wildman–Crippen LogP) is -0.608. The fourth-order valence-corrected chi connectivity index (χ4v) is 2.08. The summed E-state index contributed by atoms with van der Waals surface area (Å²) in [5, 5.41) is 19.8. The van der Waals surface area contributed by atoms with Gasteiger partial charge < -0.3 is 15.5 Å². The SMILES string of the molecule is O=C(Cc1ccc(O)cc1)NC(CS(=O)(=O)O)C(=O)O. The van der Waals surface area contributed by atoms with Crippen LogP contribution in [0, 0.1) is 0 Å². The van der Waals surface area contributed by atoms with Crippen molar-refractivity contribution in [2.75, 3.05) is 5.75 Å². The predicted molar refractivity (Wildman–Crippen MR) is 67.8 cm³/mol. The smallest absolute Gasteiger partial charge is 0.327 e. The third kappa shape index (κ3) is 5.67. The van der Waals surface area contributed by atoms with Gasteiger partial charge in [0.2, 0.25) is 5.91 Å². The molecule has 0 heterocycles. The van der Waals surface area contributed by atoms with E-state index in [0.717, 1.165) is 0 Å². The fourth-order valence-electron chi connectivity index (χ4n) is 1.43. The number of carboxylic acid groups (broad SMARTS) is 1. The first kappa shape index (κ1) is 15.9. The molecular formula is C11H13NO7S. The lowest BCUT2D eigenvalue weighted by atomic mass is 10.1. The standard InChI is InChI=1S/C11H13NO7S/c13-8-3-1-7(2-4-8)5-10(14)12-9(11(15)16)6-20(17,18)19/h1-4,9,13H,5-6H2,(H,12,14)(H,15,16)(H,17,18,19). The van der Waals surface area contributed by atoms with Crippen molar-refractivity contribution in [3.05, 3.63) is 29.8 Å². The van der Waals surface area contributed by atoms with Crippen LogP contribution in [0.15, 0.2) is 24.3 Å². The van der Waals surface area contributed by atoms with Crippen molar-refractivity contribution in [2.45, 2.75) is 12.5 Å². The molecule has 1 unspecified atom stereocenters. The number of phenolic OH excluding ortho intramolecular Hbond substituents is 1. The van der Waals surface area contributed by atoms with Crippen molar-refractivity contribution in [1.82, 2.24) is 5.32 Å². The van der Waals surface area contributed by atoms with E-state index in [1.807, 2.05) is 5.32 Å². The molecule has 0 bridgehead atoms. The second-order valence-electron chi connectivity index (χ2n) is 4.05. The highest BCUT2D eigenvalue weighted by atomic mass is 32.2. The van der Waals surface area contributed by atoms with Crippen molar-refractivity contribution < 1.29 is 32.8 Å². The number of aromatic hydroxyl groups is 1. The molecule has 8 nitrogen and oxygen atoms in total. The Hall–Kier alpha value is -2.13. The molecule has 0 fully saturated rings. The second kappa shape index (κ2) is 6.35. The van der Waals surface area contributed by atoms with Crippen LogP contribution in [0.1, 0.15) is 5.56 Å². The van der Waals surface area contributed by atoms with Crippen LogP contribution in [0.3, 0.4) is 0 Å². The molecule has 110 valence electrons. The van der Waals surface area contributed by atoms with Crippen LogP contribution in [0.5, 0.6) is 5.75 Å². The molecule has 9 heteroatoms. The largest absolute Gasteiger partial charge is 0.508 e. The maximum Gasteiger partial charge on any atom is 0.327 e. The van der Waals surface area contributed by atoms with E-state index in [-0.39, 0.29) is 12.2 Å². The first-order valence-electron chi connectivity index (χ1n) is 5.42. The van der Waals surface area contributed by atoms with Crippen molar-refractivity contribution in [3.8, 4) is 5.75 Å². The molecule has 0 aliphatic rings. The highest BCUT2D eigenvalue weighted by Crippen LogP contribution is 2.10. The molecule has 0 radical (unpaired) electrons. The summed E-state index contributed by atoms with van der Waals surface area (Å²) in [5.74, 6) is -3.37. The molecule has 1 aromatic rings. The van der Waals surface area contributed by atoms with Crippen LogP contribution >= 0.6 is 0 Å². The zero-order valence-electron chi connectivity index (χ0n) is 10.2. The number of benzene rings is 1. The molecule has 0 aromatic heterocycles. The van der Waals surface area contributed by atoms with Crippen LogP contribution in [0.4, 0.5) is 0 Å². The van der Waals surface area contributed by atoms with Gasteiger partial charge in [-0.2, -0.15) is 8.42 Å². The lowest BCUT2D eigenvalue weighted by Gasteiger charge is -2.12. The number of carboxylic acids is 1. The number of carbonyl (C=O) groups excluding carboxylic acids is 1. The lowest BCUT2D eigenvalue weighted by molar-refractivity contribution is -0.141. The van der Waals surface area contributed by atoms with Gasteiger partial charge in [0.25, 0.3) is 10.1 Å². The molecule has 1 atom stereocenters. The number of nitrogens with one attached hydrogen (secondary N) is 1. The van der Waals surface area contributed by atoms with Gasteiger partial charge in [-0.05, 0) is 17.7 Å². The fraction of sp³-hybridized carbons (Fsp3) is 0.273. The van der Waals surface area contributed by atoms with Gasteiger partial charge in [0.15, 0.2) is 0 Å². The minimum absolute atomic E-state index is 0.0175. The number of carbonyl (C=O) groups is 2. The average Bonchev–Trinajstić information content (AvgIpc) is 2.29. The van der Waals surface area contributed by atoms with Gasteiger partial charge in [-0.1, -0.05) is 12.1 Å². The van der Waals surface area contributed by atoms with E-state index in [1.165, 1.54) is 24.3 Å². The molecule has 1 aromatic carbocycles. The summed E-state index contributed by atoms with van der Waals surface area (Å²) in [7, 11) is -4.52. The lowest BCUT2D eigenvalue weighted by Crippen LogP contribution is -2.45. The zero-order valence-corrected chi connectivity index (χ0v) is 11.0. The number of rotatable bonds is 6. The normalized spacial score (nSPS) is 12.7. The monoisotopic (exact) mass is 303 g/mol. The molecule has 20 heavy (non-hydrogen) atoms. The number of aliphatic carboxylic acids is 1. The van der Waals surface area contributed by atoms with Crippen molar-refractivity contribution >= 4 is 22.0 Å². The highest BCUT2D eigenvalue weighted by Gasteiger charge is 2.25. The summed E-state index contributed by atoms with van der Waals surface area (Å²) in [6.45, 7) is 0. The molecule has 0 saturated carbocycles. The maximum atomic E-state index is 11.6. The Bertz CT molecular complexity index is 594. The Labute approximate surface area is 114 Å². The third-order valence-corrected chi connectivity index (χ3v) is 3.07. The van der Waals surface area contributed by atoms with E-state index in [0.29, 0.717) is 5.56 Å². The molecule has 0 spiro atoms. The van der Waals surface area contributed by atoms with E-state index in [2.05, 4.69) is 0 Å². The van der Waals surface area contributed by atoms with Gasteiger partial charge in [-0.15, -0.1) is 0 Å². The maximum absolute atomic E-state index is 11.6. The summed E-state index contributed by atoms with van der Waals surface area (Å²) in [5.41, 5.74) is 0.510. The van der Waals surface area contributed by atoms with Crippen LogP contribution < -0.4 is 5.32 Å². The Morgan fingerprint density at radius 3 is 2.20 bits per heavy atom. The topological polar surface area (TPSA) is 141 Å². The van der Waals surface area contributed by atoms with Crippen LogP contribution in [-0.4, -0.2) is 46.9 Å². The summed E-state index contributed by atoms with van der Waals surface area (Å²) >= 11 is 0. The molecular weight excluding hydrogens is 290 g/mol. The third-order valence-electron chi connectivity index (χ3n) is 2.31. The zero-order chi connectivity index (χ0) is 15.3. The first-order chi connectivity index (χ1) is 9.17. The van der Waals surface area contributed by atoms with Crippen LogP contribution in [0.25, 0.3) is 0 Å². The van der Waals surface area contributed by atoms with Gasteiger partial charge in [0.05, 0.1) is 6.42 Å². The van der Waals surface area contributed by atoms with E-state index in [4.69, 9.17) is 14.8 Å². The van der Waals surface area contributed by atoms with Crippen LogP contribution in [-0.2, 0) is 26.1 Å². The summed E-state index contributed by atoms with van der Waals surface area (Å²) in [4.78, 5) is 22.4. The number of hydrogen-bond donors (Lipinski definition) is 4. The van der Waals surface area contributed by atoms with Crippen molar-refractivity contribution in [3.63, 3.8) is 0 Å². The number of amides is 1. The van der Waals surface area contributed by atoms with E-state index in [1.54, 1.807) is 0 Å². The van der Waals surface area contributed by atoms with Gasteiger partial charge >= 0.3 is 5.97 Å². The molecule has 0 saturated heterocycles. The van der Waals surface area contributed by atoms with Gasteiger partial charge in [0.1, 0.15) is 17.5 Å². The summed E-state index contributed by atoms with van der Waals surface area (Å²) < 4.78 is 29.9. The minimum atomic E-state index is -4.52. The second-order valence-corrected chi connectivity index (χ2v) is 5.55. The molecule has 0 aliphatic carbocycles. The number of hydrogen-bond acceptors (Lipinski definition) is 5. The Balaban J connectivity index is 2.67. The molecule has 0 aliphatic heterocycles. The van der Waals surface area contributed by atoms with Gasteiger partial charge in [-0.25, -0.2) is 4.79 Å². The Morgan fingerprint density at radius 2 is 1.75 bits per heavy atom. The molecule has 1 rings (SSSR count). The number of phenols is 1. The highest BCUT2D eigenvalue weighted by molar-refractivity contribution is 7.85. The summed E-state index contributed by atoms with van der Waals surface area (Å²) in [6.07, 6.45) is -0.185. The summed E-state index contributed by atoms with van der Waals surface area (Å²) in [6, 6.07) is 3.92. The van der Waals surface area contributed by atoms with Gasteiger partial charge in [0, 0.05) is 0 Å². The minimum Gasteiger partial charge on any atom is -0.508 e.